The number of nitrogens with zero attached hydrogens (tertiary/aromatic N) is 2. The van der Waals surface area contributed by atoms with Gasteiger partial charge < -0.3 is 20.5 Å². The van der Waals surface area contributed by atoms with E-state index in [2.05, 4.69) is 34.1 Å². The summed E-state index contributed by atoms with van der Waals surface area (Å²) >= 11 is 0. The lowest BCUT2D eigenvalue weighted by Crippen LogP contribution is -2.60. The molecule has 2 saturated heterocycles. The molecule has 0 spiro atoms. The Morgan fingerprint density at radius 2 is 1.96 bits per heavy atom. The van der Waals surface area contributed by atoms with Crippen LogP contribution in [0.4, 0.5) is 0 Å². The summed E-state index contributed by atoms with van der Waals surface area (Å²) in [5, 5.41) is 3.70. The average Bonchev–Trinajstić information content (AvgIpc) is 3.35. The van der Waals surface area contributed by atoms with E-state index < -0.39 is 0 Å². The molecule has 6 heteroatoms. The fourth-order valence-corrected chi connectivity index (χ4v) is 4.54. The second-order valence-corrected chi connectivity index (χ2v) is 7.71. The number of ether oxygens (including phenoxy) is 2. The van der Waals surface area contributed by atoms with Gasteiger partial charge in [-0.2, -0.15) is 0 Å². The van der Waals surface area contributed by atoms with E-state index in [1.165, 1.54) is 0 Å². The number of para-hydroxylation sites is 2. The van der Waals surface area contributed by atoms with E-state index in [0.29, 0.717) is 13.1 Å². The lowest BCUT2D eigenvalue weighted by Gasteiger charge is -2.44. The topological polar surface area (TPSA) is 74.3 Å². The van der Waals surface area contributed by atoms with Crippen LogP contribution in [0.25, 0.3) is 16.7 Å². The van der Waals surface area contributed by atoms with Crippen molar-refractivity contribution in [3.63, 3.8) is 0 Å². The van der Waals surface area contributed by atoms with Crippen LogP contribution < -0.4 is 15.8 Å². The van der Waals surface area contributed by atoms with E-state index in [0.717, 1.165) is 47.7 Å². The summed E-state index contributed by atoms with van der Waals surface area (Å²) in [4.78, 5) is 4.88. The van der Waals surface area contributed by atoms with Crippen LogP contribution in [0.2, 0.25) is 0 Å². The first-order valence-electron chi connectivity index (χ1n) is 9.36. The zero-order valence-corrected chi connectivity index (χ0v) is 15.4. The third kappa shape index (κ3) is 2.64. The number of hydrogen-bond acceptors (Lipinski definition) is 5. The standard InChI is InChI=1S/C21H24N4O2/c1-26-16-8-6-15(7-9-16)25-18-5-3-2-4-17(18)24-19(25)10-23-20-11-21(12-20,13-22)27-14-20/h2-9,23H,10-14,22H2,1H3. The number of rotatable bonds is 6. The van der Waals surface area contributed by atoms with Gasteiger partial charge in [0.05, 0.1) is 36.9 Å². The second-order valence-electron chi connectivity index (χ2n) is 7.71. The van der Waals surface area contributed by atoms with Gasteiger partial charge in [-0.15, -0.1) is 0 Å². The third-order valence-corrected chi connectivity index (χ3v) is 5.93. The molecule has 1 aromatic heterocycles. The summed E-state index contributed by atoms with van der Waals surface area (Å²) in [5.74, 6) is 1.84. The maximum absolute atomic E-state index is 5.93. The number of aromatic nitrogens is 2. The Kier molecular flexibility index (Phi) is 3.75. The van der Waals surface area contributed by atoms with Crippen molar-refractivity contribution in [1.82, 2.24) is 14.9 Å². The molecule has 6 rings (SSSR count). The Hall–Kier alpha value is -2.41. The van der Waals surface area contributed by atoms with Gasteiger partial charge in [0.2, 0.25) is 0 Å². The van der Waals surface area contributed by atoms with Crippen LogP contribution in [0.5, 0.6) is 5.75 Å². The molecule has 2 aliphatic heterocycles. The van der Waals surface area contributed by atoms with Crippen molar-refractivity contribution in [1.29, 1.82) is 0 Å². The number of nitrogens with two attached hydrogens (primary N) is 1. The number of benzene rings is 2. The Labute approximate surface area is 158 Å². The van der Waals surface area contributed by atoms with E-state index >= 15 is 0 Å². The van der Waals surface area contributed by atoms with E-state index in [-0.39, 0.29) is 11.1 Å². The molecular weight excluding hydrogens is 340 g/mol. The predicted molar refractivity (Wildman–Crippen MR) is 104 cm³/mol. The molecule has 2 aromatic carbocycles. The number of nitrogens with one attached hydrogen (secondary N) is 1. The van der Waals surface area contributed by atoms with Crippen molar-refractivity contribution in [2.24, 2.45) is 5.73 Å². The number of methoxy groups -OCH3 is 1. The van der Waals surface area contributed by atoms with Gasteiger partial charge in [-0.3, -0.25) is 4.57 Å². The highest BCUT2D eigenvalue weighted by Crippen LogP contribution is 2.50. The van der Waals surface area contributed by atoms with Crippen LogP contribution in [0.1, 0.15) is 18.7 Å². The highest BCUT2D eigenvalue weighted by Gasteiger charge is 2.61. The first-order chi connectivity index (χ1) is 13.2. The first-order valence-corrected chi connectivity index (χ1v) is 9.36. The predicted octanol–water partition coefficient (Wildman–Crippen LogP) is 2.38. The highest BCUT2D eigenvalue weighted by atomic mass is 16.5. The molecule has 0 radical (unpaired) electrons. The van der Waals surface area contributed by atoms with Crippen molar-refractivity contribution >= 4 is 11.0 Å². The van der Waals surface area contributed by atoms with E-state index in [1.54, 1.807) is 7.11 Å². The van der Waals surface area contributed by atoms with Crippen molar-refractivity contribution in [2.45, 2.75) is 30.5 Å². The summed E-state index contributed by atoms with van der Waals surface area (Å²) in [6.07, 6.45) is 1.97. The fraction of sp³-hybridized carbons (Fsp3) is 0.381. The summed E-state index contributed by atoms with van der Waals surface area (Å²) in [5.41, 5.74) is 8.99. The molecule has 3 fully saturated rings. The summed E-state index contributed by atoms with van der Waals surface area (Å²) in [7, 11) is 1.68. The van der Waals surface area contributed by atoms with Crippen molar-refractivity contribution in [3.8, 4) is 11.4 Å². The molecule has 2 bridgehead atoms. The maximum Gasteiger partial charge on any atom is 0.128 e. The van der Waals surface area contributed by atoms with Gasteiger partial charge in [0.1, 0.15) is 11.6 Å². The van der Waals surface area contributed by atoms with E-state index in [1.807, 2.05) is 24.3 Å². The Morgan fingerprint density at radius 1 is 1.19 bits per heavy atom. The molecule has 3 N–H and O–H groups in total. The van der Waals surface area contributed by atoms with E-state index in [4.69, 9.17) is 20.2 Å². The Balaban J connectivity index is 1.47. The van der Waals surface area contributed by atoms with Crippen molar-refractivity contribution < 1.29 is 9.47 Å². The minimum Gasteiger partial charge on any atom is -0.497 e. The van der Waals surface area contributed by atoms with Crippen LogP contribution in [-0.2, 0) is 11.3 Å². The van der Waals surface area contributed by atoms with Gasteiger partial charge in [-0.05, 0) is 49.2 Å². The molecule has 0 atom stereocenters. The molecule has 6 nitrogen and oxygen atoms in total. The zero-order chi connectivity index (χ0) is 18.5. The number of imidazole rings is 1. The third-order valence-electron chi connectivity index (χ3n) is 5.93. The molecular formula is C21H24N4O2. The van der Waals surface area contributed by atoms with Crippen LogP contribution in [0, 0.1) is 0 Å². The molecule has 140 valence electrons. The van der Waals surface area contributed by atoms with Crippen molar-refractivity contribution in [3.05, 3.63) is 54.4 Å². The Morgan fingerprint density at radius 3 is 2.67 bits per heavy atom. The first kappa shape index (κ1) is 16.7. The molecule has 1 saturated carbocycles. The van der Waals surface area contributed by atoms with E-state index in [9.17, 15) is 0 Å². The summed E-state index contributed by atoms with van der Waals surface area (Å²) < 4.78 is 13.4. The van der Waals surface area contributed by atoms with Crippen LogP contribution in [0.3, 0.4) is 0 Å². The smallest absolute Gasteiger partial charge is 0.128 e. The molecule has 3 heterocycles. The minimum absolute atomic E-state index is 0.0439. The minimum atomic E-state index is -0.0941. The molecule has 0 unspecified atom stereocenters. The summed E-state index contributed by atoms with van der Waals surface area (Å²) in [6.45, 7) is 2.01. The second kappa shape index (κ2) is 6.05. The Bertz CT molecular complexity index is 974. The van der Waals surface area contributed by atoms with Gasteiger partial charge in [0.15, 0.2) is 0 Å². The van der Waals surface area contributed by atoms with Crippen LogP contribution in [-0.4, -0.2) is 41.0 Å². The number of fused-ring (bicyclic) bond motifs is 2. The maximum atomic E-state index is 5.93. The largest absolute Gasteiger partial charge is 0.497 e. The SMILES string of the molecule is COc1ccc(-n2c(CNC34COC(CN)(C3)C4)nc3ccccc32)cc1. The van der Waals surface area contributed by atoms with Gasteiger partial charge in [-0.25, -0.2) is 4.98 Å². The molecule has 3 aromatic rings. The fourth-order valence-electron chi connectivity index (χ4n) is 4.54. The zero-order valence-electron chi connectivity index (χ0n) is 15.4. The van der Waals surface area contributed by atoms with Crippen molar-refractivity contribution in [2.75, 3.05) is 20.3 Å². The molecule has 1 aliphatic carbocycles. The lowest BCUT2D eigenvalue weighted by atomic mass is 9.68. The number of hydrogen-bond donors (Lipinski definition) is 2. The van der Waals surface area contributed by atoms with Crippen LogP contribution >= 0.6 is 0 Å². The molecule has 3 aliphatic rings. The van der Waals surface area contributed by atoms with Crippen LogP contribution in [0.15, 0.2) is 48.5 Å². The normalized spacial score (nSPS) is 26.3. The van der Waals surface area contributed by atoms with Gasteiger partial charge in [0.25, 0.3) is 0 Å². The molecule has 27 heavy (non-hydrogen) atoms. The quantitative estimate of drug-likeness (QED) is 0.702. The summed E-state index contributed by atoms with van der Waals surface area (Å²) in [6, 6.07) is 16.3. The van der Waals surface area contributed by atoms with Gasteiger partial charge >= 0.3 is 0 Å². The highest BCUT2D eigenvalue weighted by molar-refractivity contribution is 5.78. The van der Waals surface area contributed by atoms with Gasteiger partial charge in [0, 0.05) is 17.8 Å². The van der Waals surface area contributed by atoms with Gasteiger partial charge in [-0.1, -0.05) is 12.1 Å². The monoisotopic (exact) mass is 364 g/mol. The molecule has 0 amide bonds. The lowest BCUT2D eigenvalue weighted by molar-refractivity contribution is 0.00248. The average molecular weight is 364 g/mol.